The summed E-state index contributed by atoms with van der Waals surface area (Å²) in [5.74, 6) is -3.06. The van der Waals surface area contributed by atoms with Gasteiger partial charge < -0.3 is 20.6 Å². The standard InChI is InChI=1S/C31H31F3N6O2/c1-4-26(41)36-22-15-20(14-21(32)16-22)23-7-5-6-19-17-35-30(38-29(19)23)37-24-8-9-25(28(34)27(24)33)40-12-10-39(11-13-40)18-31(2,3)42/h4-9,14-17,42H,1,10-13,18H2,2-3H3,(H,36,41)(H,35,37,38). The number of halogens is 3. The van der Waals surface area contributed by atoms with E-state index in [-0.39, 0.29) is 23.0 Å². The number of β-amino-alcohol motifs (C(OH)–C–C–N with tert-alkyl or cyclic N) is 1. The van der Waals surface area contributed by atoms with E-state index in [9.17, 15) is 14.3 Å². The number of aliphatic hydroxyl groups is 1. The van der Waals surface area contributed by atoms with Crippen LogP contribution in [0.2, 0.25) is 0 Å². The fraction of sp³-hybridized carbons (Fsp3) is 0.258. The Balaban J connectivity index is 1.39. The number of hydrogen-bond acceptors (Lipinski definition) is 7. The fourth-order valence-electron chi connectivity index (χ4n) is 5.05. The normalized spacial score (nSPS) is 14.2. The average Bonchev–Trinajstić information content (AvgIpc) is 2.94. The van der Waals surface area contributed by atoms with Crippen molar-refractivity contribution in [2.24, 2.45) is 0 Å². The van der Waals surface area contributed by atoms with E-state index in [1.807, 2.05) is 0 Å². The van der Waals surface area contributed by atoms with Gasteiger partial charge in [0.25, 0.3) is 0 Å². The third-order valence-corrected chi connectivity index (χ3v) is 6.90. The van der Waals surface area contributed by atoms with Crippen molar-refractivity contribution in [3.63, 3.8) is 0 Å². The Hall–Kier alpha value is -4.48. The molecule has 1 aliphatic rings. The Kier molecular flexibility index (Phi) is 8.15. The number of hydrogen-bond donors (Lipinski definition) is 3. The van der Waals surface area contributed by atoms with Gasteiger partial charge >= 0.3 is 0 Å². The summed E-state index contributed by atoms with van der Waals surface area (Å²) in [5.41, 5.74) is 0.897. The summed E-state index contributed by atoms with van der Waals surface area (Å²) < 4.78 is 44.9. The van der Waals surface area contributed by atoms with E-state index in [1.54, 1.807) is 43.0 Å². The maximum Gasteiger partial charge on any atom is 0.247 e. The van der Waals surface area contributed by atoms with Crippen LogP contribution < -0.4 is 15.5 Å². The number of nitrogens with one attached hydrogen (secondary N) is 2. The number of carbonyl (C=O) groups excluding carboxylic acids is 1. The van der Waals surface area contributed by atoms with E-state index in [4.69, 9.17) is 0 Å². The van der Waals surface area contributed by atoms with E-state index in [0.29, 0.717) is 54.8 Å². The zero-order chi connectivity index (χ0) is 30.0. The Labute approximate surface area is 241 Å². The van der Waals surface area contributed by atoms with Gasteiger partial charge in [-0.05, 0) is 55.8 Å². The summed E-state index contributed by atoms with van der Waals surface area (Å²) in [6.07, 6.45) is 2.62. The number of nitrogens with zero attached hydrogens (tertiary/aromatic N) is 4. The van der Waals surface area contributed by atoms with Crippen LogP contribution in [0.5, 0.6) is 0 Å². The molecule has 1 fully saturated rings. The molecule has 0 spiro atoms. The molecule has 8 nitrogen and oxygen atoms in total. The minimum Gasteiger partial charge on any atom is -0.389 e. The molecule has 1 saturated heterocycles. The number of fused-ring (bicyclic) bond motifs is 1. The van der Waals surface area contributed by atoms with Crippen molar-refractivity contribution in [2.45, 2.75) is 19.4 Å². The van der Waals surface area contributed by atoms with Gasteiger partial charge in [-0.15, -0.1) is 0 Å². The van der Waals surface area contributed by atoms with E-state index in [2.05, 4.69) is 32.1 Å². The summed E-state index contributed by atoms with van der Waals surface area (Å²) in [6, 6.07) is 12.3. The van der Waals surface area contributed by atoms with Gasteiger partial charge in [-0.1, -0.05) is 24.8 Å². The van der Waals surface area contributed by atoms with Crippen LogP contribution in [0.25, 0.3) is 22.0 Å². The van der Waals surface area contributed by atoms with Gasteiger partial charge in [-0.25, -0.2) is 23.1 Å². The first kappa shape index (κ1) is 29.0. The molecule has 3 N–H and O–H groups in total. The van der Waals surface area contributed by atoms with Crippen molar-refractivity contribution in [3.8, 4) is 11.1 Å². The highest BCUT2D eigenvalue weighted by Gasteiger charge is 2.26. The van der Waals surface area contributed by atoms with E-state index in [0.717, 1.165) is 6.08 Å². The molecule has 0 radical (unpaired) electrons. The molecule has 0 atom stereocenters. The van der Waals surface area contributed by atoms with E-state index >= 15 is 8.78 Å². The molecule has 1 aromatic heterocycles. The molecular formula is C31H31F3N6O2. The lowest BCUT2D eigenvalue weighted by molar-refractivity contribution is -0.111. The predicted molar refractivity (Wildman–Crippen MR) is 158 cm³/mol. The number of benzene rings is 3. The third-order valence-electron chi connectivity index (χ3n) is 6.90. The first-order chi connectivity index (χ1) is 20.0. The van der Waals surface area contributed by atoms with Crippen LogP contribution in [0, 0.1) is 17.5 Å². The highest BCUT2D eigenvalue weighted by molar-refractivity contribution is 6.00. The summed E-state index contributed by atoms with van der Waals surface area (Å²) in [5, 5.41) is 16.0. The molecule has 5 rings (SSSR count). The first-order valence-electron chi connectivity index (χ1n) is 13.5. The minimum absolute atomic E-state index is 0.0258. The van der Waals surface area contributed by atoms with Gasteiger partial charge in [-0.2, -0.15) is 0 Å². The predicted octanol–water partition coefficient (Wildman–Crippen LogP) is 5.48. The van der Waals surface area contributed by atoms with Gasteiger partial charge in [0.1, 0.15) is 5.82 Å². The molecule has 1 amide bonds. The summed E-state index contributed by atoms with van der Waals surface area (Å²) in [7, 11) is 0. The molecule has 11 heteroatoms. The molecule has 4 aromatic rings. The van der Waals surface area contributed by atoms with Crippen LogP contribution in [-0.2, 0) is 4.79 Å². The van der Waals surface area contributed by atoms with Crippen LogP contribution >= 0.6 is 0 Å². The number of piperazine rings is 1. The van der Waals surface area contributed by atoms with Gasteiger partial charge in [0.15, 0.2) is 11.6 Å². The van der Waals surface area contributed by atoms with Crippen LogP contribution in [0.15, 0.2) is 67.4 Å². The Morgan fingerprint density at radius 3 is 2.55 bits per heavy atom. The SMILES string of the molecule is C=CC(=O)Nc1cc(F)cc(-c2cccc3cnc(Nc4ccc(N5CCN(CC(C)(C)O)CC5)c(F)c4F)nc23)c1. The number of para-hydroxylation sites is 1. The van der Waals surface area contributed by atoms with Crippen molar-refractivity contribution in [2.75, 3.05) is 48.3 Å². The average molecular weight is 577 g/mol. The van der Waals surface area contributed by atoms with Gasteiger partial charge in [0.2, 0.25) is 11.9 Å². The molecular weight excluding hydrogens is 545 g/mol. The fourth-order valence-corrected chi connectivity index (χ4v) is 5.05. The summed E-state index contributed by atoms with van der Waals surface area (Å²) in [6.45, 7) is 9.61. The lowest BCUT2D eigenvalue weighted by atomic mass is 10.0. The molecule has 0 saturated carbocycles. The molecule has 0 aliphatic carbocycles. The van der Waals surface area contributed by atoms with Crippen LogP contribution in [0.4, 0.5) is 36.2 Å². The molecule has 2 heterocycles. The van der Waals surface area contributed by atoms with Crippen molar-refractivity contribution < 1.29 is 23.1 Å². The van der Waals surface area contributed by atoms with E-state index in [1.165, 1.54) is 30.5 Å². The number of amides is 1. The number of aromatic nitrogens is 2. The quantitative estimate of drug-likeness (QED) is 0.240. The maximum absolute atomic E-state index is 15.2. The van der Waals surface area contributed by atoms with Crippen LogP contribution in [0.1, 0.15) is 13.8 Å². The lowest BCUT2D eigenvalue weighted by Crippen LogP contribution is -2.50. The Bertz CT molecular complexity index is 1650. The minimum atomic E-state index is -1.06. The van der Waals surface area contributed by atoms with E-state index < -0.39 is 29.0 Å². The molecule has 0 unspecified atom stereocenters. The smallest absolute Gasteiger partial charge is 0.247 e. The Morgan fingerprint density at radius 2 is 1.83 bits per heavy atom. The topological polar surface area (TPSA) is 93.6 Å². The number of anilines is 4. The highest BCUT2D eigenvalue weighted by Crippen LogP contribution is 2.32. The second kappa shape index (κ2) is 11.8. The molecule has 218 valence electrons. The summed E-state index contributed by atoms with van der Waals surface area (Å²) in [4.78, 5) is 24.4. The molecule has 3 aromatic carbocycles. The van der Waals surface area contributed by atoms with Crippen molar-refractivity contribution >= 4 is 39.8 Å². The van der Waals surface area contributed by atoms with Gasteiger partial charge in [-0.3, -0.25) is 9.69 Å². The van der Waals surface area contributed by atoms with Crippen molar-refractivity contribution in [1.82, 2.24) is 14.9 Å². The van der Waals surface area contributed by atoms with Gasteiger partial charge in [0.05, 0.1) is 22.5 Å². The highest BCUT2D eigenvalue weighted by atomic mass is 19.2. The second-order valence-electron chi connectivity index (χ2n) is 10.8. The second-order valence-corrected chi connectivity index (χ2v) is 10.8. The lowest BCUT2D eigenvalue weighted by Gasteiger charge is -2.38. The largest absolute Gasteiger partial charge is 0.389 e. The first-order valence-corrected chi connectivity index (χ1v) is 13.5. The molecule has 1 aliphatic heterocycles. The zero-order valence-corrected chi connectivity index (χ0v) is 23.3. The molecule has 0 bridgehead atoms. The number of rotatable bonds is 8. The third kappa shape index (κ3) is 6.53. The maximum atomic E-state index is 15.2. The zero-order valence-electron chi connectivity index (χ0n) is 23.3. The molecule has 42 heavy (non-hydrogen) atoms. The van der Waals surface area contributed by atoms with Crippen molar-refractivity contribution in [1.29, 1.82) is 0 Å². The number of carbonyl (C=O) groups is 1. The monoisotopic (exact) mass is 576 g/mol. The van der Waals surface area contributed by atoms with Gasteiger partial charge in [0, 0.05) is 55.6 Å². The summed E-state index contributed by atoms with van der Waals surface area (Å²) >= 11 is 0. The van der Waals surface area contributed by atoms with Crippen LogP contribution in [0.3, 0.4) is 0 Å². The Morgan fingerprint density at radius 1 is 1.07 bits per heavy atom. The van der Waals surface area contributed by atoms with Crippen molar-refractivity contribution in [3.05, 3.63) is 84.8 Å². The van der Waals surface area contributed by atoms with Crippen LogP contribution in [-0.4, -0.2) is 64.2 Å².